The molecule has 1 aromatic heterocycles. The zero-order valence-electron chi connectivity index (χ0n) is 11.2. The molecule has 1 aromatic rings. The van der Waals surface area contributed by atoms with Crippen LogP contribution in [0.2, 0.25) is 0 Å². The molecule has 1 saturated carbocycles. The number of pyridine rings is 1. The van der Waals surface area contributed by atoms with E-state index in [4.69, 9.17) is 5.11 Å². The van der Waals surface area contributed by atoms with Crippen LogP contribution in [0.5, 0.6) is 0 Å². The van der Waals surface area contributed by atoms with Gasteiger partial charge in [0, 0.05) is 12.2 Å². The Labute approximate surface area is 118 Å². The van der Waals surface area contributed by atoms with E-state index in [1.54, 1.807) is 0 Å². The summed E-state index contributed by atoms with van der Waals surface area (Å²) in [5.74, 6) is -0.827. The highest BCUT2D eigenvalue weighted by molar-refractivity contribution is 7.89. The number of hydrogen-bond donors (Lipinski definition) is 2. The molecule has 2 atom stereocenters. The Morgan fingerprint density at radius 1 is 1.35 bits per heavy atom. The van der Waals surface area contributed by atoms with Gasteiger partial charge in [-0.1, -0.05) is 19.8 Å². The van der Waals surface area contributed by atoms with Crippen molar-refractivity contribution in [2.75, 3.05) is 0 Å². The maximum Gasteiger partial charge on any atom is 0.337 e. The normalized spacial score (nSPS) is 23.4. The summed E-state index contributed by atoms with van der Waals surface area (Å²) in [6.07, 6.45) is 5.04. The van der Waals surface area contributed by atoms with Crippen molar-refractivity contribution in [2.45, 2.75) is 43.7 Å². The van der Waals surface area contributed by atoms with Crippen molar-refractivity contribution in [2.24, 2.45) is 5.92 Å². The fourth-order valence-corrected chi connectivity index (χ4v) is 3.72. The predicted molar refractivity (Wildman–Crippen MR) is 72.9 cm³/mol. The van der Waals surface area contributed by atoms with Crippen LogP contribution < -0.4 is 4.72 Å². The number of nitrogens with one attached hydrogen (secondary N) is 1. The van der Waals surface area contributed by atoms with Gasteiger partial charge in [-0.25, -0.2) is 22.9 Å². The zero-order chi connectivity index (χ0) is 14.8. The molecule has 2 rings (SSSR count). The van der Waals surface area contributed by atoms with Crippen LogP contribution in [0.25, 0.3) is 0 Å². The summed E-state index contributed by atoms with van der Waals surface area (Å²) >= 11 is 0. The van der Waals surface area contributed by atoms with Gasteiger partial charge in [-0.2, -0.15) is 0 Å². The number of aromatic nitrogens is 1. The number of sulfonamides is 1. The lowest BCUT2D eigenvalue weighted by molar-refractivity contribution is 0.0696. The van der Waals surface area contributed by atoms with E-state index in [1.807, 2.05) is 6.92 Å². The Kier molecular flexibility index (Phi) is 4.39. The minimum Gasteiger partial charge on any atom is -0.478 e. The van der Waals surface area contributed by atoms with Crippen molar-refractivity contribution < 1.29 is 18.3 Å². The first-order valence-electron chi connectivity index (χ1n) is 6.62. The molecule has 0 saturated heterocycles. The Bertz CT molecular complexity index is 583. The van der Waals surface area contributed by atoms with Gasteiger partial charge in [0.2, 0.25) is 0 Å². The van der Waals surface area contributed by atoms with Crippen LogP contribution in [0.15, 0.2) is 23.4 Å². The smallest absolute Gasteiger partial charge is 0.337 e. The van der Waals surface area contributed by atoms with Crippen LogP contribution >= 0.6 is 0 Å². The minimum absolute atomic E-state index is 0.0324. The molecular weight excluding hydrogens is 280 g/mol. The Balaban J connectivity index is 2.15. The van der Waals surface area contributed by atoms with Crippen molar-refractivity contribution in [3.05, 3.63) is 23.9 Å². The van der Waals surface area contributed by atoms with Gasteiger partial charge < -0.3 is 5.11 Å². The fourth-order valence-electron chi connectivity index (χ4n) is 2.42. The molecular formula is C13H18N2O4S. The van der Waals surface area contributed by atoms with Crippen LogP contribution in [0, 0.1) is 5.92 Å². The van der Waals surface area contributed by atoms with Gasteiger partial charge >= 0.3 is 5.97 Å². The van der Waals surface area contributed by atoms with E-state index in [0.717, 1.165) is 31.9 Å². The van der Waals surface area contributed by atoms with Gasteiger partial charge in [-0.05, 0) is 30.9 Å². The van der Waals surface area contributed by atoms with Gasteiger partial charge in [0.25, 0.3) is 10.0 Å². The molecule has 1 fully saturated rings. The van der Waals surface area contributed by atoms with Gasteiger partial charge in [-0.15, -0.1) is 0 Å². The van der Waals surface area contributed by atoms with Gasteiger partial charge in [0.15, 0.2) is 5.03 Å². The quantitative estimate of drug-likeness (QED) is 0.880. The molecule has 0 radical (unpaired) electrons. The van der Waals surface area contributed by atoms with Gasteiger partial charge in [-0.3, -0.25) is 0 Å². The molecule has 0 amide bonds. The van der Waals surface area contributed by atoms with E-state index >= 15 is 0 Å². The second-order valence-corrected chi connectivity index (χ2v) is 6.84. The van der Waals surface area contributed by atoms with Gasteiger partial charge in [0.05, 0.1) is 5.56 Å². The SMILES string of the molecule is CC1CCCCC1NS(=O)(=O)c1ccc(C(=O)O)cn1. The number of rotatable bonds is 4. The van der Waals surface area contributed by atoms with Gasteiger partial charge in [0.1, 0.15) is 0 Å². The first kappa shape index (κ1) is 14.9. The van der Waals surface area contributed by atoms with Crippen molar-refractivity contribution in [3.8, 4) is 0 Å². The maximum absolute atomic E-state index is 12.2. The Hall–Kier alpha value is -1.47. The second kappa shape index (κ2) is 5.88. The highest BCUT2D eigenvalue weighted by atomic mass is 32.2. The second-order valence-electron chi connectivity index (χ2n) is 5.18. The molecule has 6 nitrogen and oxygen atoms in total. The summed E-state index contributed by atoms with van der Waals surface area (Å²) in [7, 11) is -3.69. The summed E-state index contributed by atoms with van der Waals surface area (Å²) in [5.41, 5.74) is -0.0324. The number of carboxylic acid groups (broad SMARTS) is 1. The van der Waals surface area contributed by atoms with Crippen molar-refractivity contribution in [1.82, 2.24) is 9.71 Å². The van der Waals surface area contributed by atoms with Crippen LogP contribution in [-0.4, -0.2) is 30.5 Å². The lowest BCUT2D eigenvalue weighted by Gasteiger charge is -2.29. The number of aromatic carboxylic acids is 1. The van der Waals surface area contributed by atoms with Crippen LogP contribution in [0.3, 0.4) is 0 Å². The lowest BCUT2D eigenvalue weighted by atomic mass is 9.87. The summed E-state index contributed by atoms with van der Waals surface area (Å²) in [4.78, 5) is 14.4. The third-order valence-electron chi connectivity index (χ3n) is 3.68. The molecule has 1 aliphatic rings. The molecule has 110 valence electrons. The number of carboxylic acids is 1. The maximum atomic E-state index is 12.2. The van der Waals surface area contributed by atoms with Crippen molar-refractivity contribution in [3.63, 3.8) is 0 Å². The molecule has 1 aliphatic carbocycles. The van der Waals surface area contributed by atoms with E-state index in [1.165, 1.54) is 12.1 Å². The highest BCUT2D eigenvalue weighted by Crippen LogP contribution is 2.25. The molecule has 0 aliphatic heterocycles. The van der Waals surface area contributed by atoms with E-state index in [2.05, 4.69) is 9.71 Å². The number of nitrogens with zero attached hydrogens (tertiary/aromatic N) is 1. The summed E-state index contributed by atoms with van der Waals surface area (Å²) in [5, 5.41) is 8.63. The van der Waals surface area contributed by atoms with E-state index in [-0.39, 0.29) is 16.6 Å². The zero-order valence-corrected chi connectivity index (χ0v) is 12.1. The standard InChI is InChI=1S/C13H18N2O4S/c1-9-4-2-3-5-11(9)15-20(18,19)12-7-6-10(8-14-12)13(16)17/h6-9,11,15H,2-5H2,1H3,(H,16,17). The third kappa shape index (κ3) is 3.34. The summed E-state index contributed by atoms with van der Waals surface area (Å²) < 4.78 is 27.1. The average Bonchev–Trinajstić information content (AvgIpc) is 2.41. The van der Waals surface area contributed by atoms with Crippen molar-refractivity contribution in [1.29, 1.82) is 0 Å². The topological polar surface area (TPSA) is 96.4 Å². The first-order chi connectivity index (χ1) is 9.40. The molecule has 0 aromatic carbocycles. The molecule has 20 heavy (non-hydrogen) atoms. The minimum atomic E-state index is -3.69. The summed E-state index contributed by atoms with van der Waals surface area (Å²) in [6.45, 7) is 2.04. The molecule has 0 bridgehead atoms. The molecule has 1 heterocycles. The van der Waals surface area contributed by atoms with Crippen LogP contribution in [0.4, 0.5) is 0 Å². The van der Waals surface area contributed by atoms with Crippen LogP contribution in [0.1, 0.15) is 43.0 Å². The van der Waals surface area contributed by atoms with E-state index in [9.17, 15) is 13.2 Å². The molecule has 2 N–H and O–H groups in total. The molecule has 2 unspecified atom stereocenters. The first-order valence-corrected chi connectivity index (χ1v) is 8.10. The Morgan fingerprint density at radius 2 is 2.05 bits per heavy atom. The molecule has 7 heteroatoms. The highest BCUT2D eigenvalue weighted by Gasteiger charge is 2.27. The predicted octanol–water partition coefficient (Wildman–Crippen LogP) is 1.64. The Morgan fingerprint density at radius 3 is 2.60 bits per heavy atom. The fraction of sp³-hybridized carbons (Fsp3) is 0.538. The van der Waals surface area contributed by atoms with E-state index < -0.39 is 16.0 Å². The third-order valence-corrected chi connectivity index (χ3v) is 5.08. The number of carbonyl (C=O) groups is 1. The summed E-state index contributed by atoms with van der Waals surface area (Å²) in [6, 6.07) is 2.39. The lowest BCUT2D eigenvalue weighted by Crippen LogP contribution is -2.41. The van der Waals surface area contributed by atoms with E-state index in [0.29, 0.717) is 5.92 Å². The molecule has 0 spiro atoms. The largest absolute Gasteiger partial charge is 0.478 e. The van der Waals surface area contributed by atoms with Crippen molar-refractivity contribution >= 4 is 16.0 Å². The average molecular weight is 298 g/mol. The monoisotopic (exact) mass is 298 g/mol. The number of hydrogen-bond acceptors (Lipinski definition) is 4. The van der Waals surface area contributed by atoms with Crippen LogP contribution in [-0.2, 0) is 10.0 Å².